The normalized spacial score (nSPS) is 12.0. The van der Waals surface area contributed by atoms with Crippen LogP contribution in [-0.4, -0.2) is 27.1 Å². The molecule has 6 nitrogen and oxygen atoms in total. The summed E-state index contributed by atoms with van der Waals surface area (Å²) in [5.41, 5.74) is 3.39. The number of fused-ring (bicyclic) bond motifs is 1. The molecule has 30 heavy (non-hydrogen) atoms. The van der Waals surface area contributed by atoms with Crippen molar-refractivity contribution in [1.82, 2.24) is 19.9 Å². The highest BCUT2D eigenvalue weighted by Gasteiger charge is 2.18. The summed E-state index contributed by atoms with van der Waals surface area (Å²) in [6.07, 6.45) is 3.16. The monoisotopic (exact) mass is 404 g/mol. The van der Waals surface area contributed by atoms with Crippen LogP contribution in [0.5, 0.6) is 5.75 Å². The number of nitrogens with zero attached hydrogens (tertiary/aromatic N) is 3. The summed E-state index contributed by atoms with van der Waals surface area (Å²) in [6.45, 7) is 4.38. The van der Waals surface area contributed by atoms with Gasteiger partial charge < -0.3 is 10.1 Å². The molecular formula is C23H21FN4O2. The molecule has 0 saturated heterocycles. The number of carbonyl (C=O) groups is 1. The standard InChI is InChI=1S/C23H21FN4O2/c1-3-30-19-10-6-17(7-11-19)21-12-13-25-22-20(14-26-28(21)22)23(29)27-15(2)16-4-8-18(24)9-5-16/h4-15H,3H2,1-2H3,(H,27,29)/t15-/m1/s1. The minimum absolute atomic E-state index is 0.289. The smallest absolute Gasteiger partial charge is 0.257 e. The molecule has 2 aromatic heterocycles. The lowest BCUT2D eigenvalue weighted by Gasteiger charge is -2.13. The second-order valence-corrected chi connectivity index (χ2v) is 6.83. The van der Waals surface area contributed by atoms with Crippen molar-refractivity contribution < 1.29 is 13.9 Å². The summed E-state index contributed by atoms with van der Waals surface area (Å²) in [4.78, 5) is 17.2. The van der Waals surface area contributed by atoms with E-state index in [9.17, 15) is 9.18 Å². The Bertz CT molecular complexity index is 1170. The number of carbonyl (C=O) groups excluding carboxylic acids is 1. The Kier molecular flexibility index (Phi) is 5.43. The quantitative estimate of drug-likeness (QED) is 0.516. The first-order valence-electron chi connectivity index (χ1n) is 9.69. The van der Waals surface area contributed by atoms with Gasteiger partial charge in [-0.25, -0.2) is 13.9 Å². The third-order valence-corrected chi connectivity index (χ3v) is 4.82. The van der Waals surface area contributed by atoms with Gasteiger partial charge in [0.15, 0.2) is 5.65 Å². The van der Waals surface area contributed by atoms with Gasteiger partial charge in [0.1, 0.15) is 17.1 Å². The van der Waals surface area contributed by atoms with Crippen LogP contribution in [0, 0.1) is 5.82 Å². The Morgan fingerprint density at radius 3 is 2.57 bits per heavy atom. The van der Waals surface area contributed by atoms with Gasteiger partial charge in [0.25, 0.3) is 5.91 Å². The van der Waals surface area contributed by atoms with Gasteiger partial charge >= 0.3 is 0 Å². The maximum Gasteiger partial charge on any atom is 0.257 e. The molecule has 1 N–H and O–H groups in total. The Morgan fingerprint density at radius 1 is 1.13 bits per heavy atom. The molecule has 0 aliphatic carbocycles. The van der Waals surface area contributed by atoms with E-state index in [0.717, 1.165) is 22.6 Å². The van der Waals surface area contributed by atoms with E-state index in [1.807, 2.05) is 44.2 Å². The van der Waals surface area contributed by atoms with Crippen LogP contribution in [-0.2, 0) is 0 Å². The third kappa shape index (κ3) is 3.87. The maximum atomic E-state index is 13.1. The van der Waals surface area contributed by atoms with Crippen LogP contribution in [0.3, 0.4) is 0 Å². The van der Waals surface area contributed by atoms with Gasteiger partial charge in [-0.3, -0.25) is 4.79 Å². The molecule has 0 bridgehead atoms. The van der Waals surface area contributed by atoms with Crippen molar-refractivity contribution in [3.63, 3.8) is 0 Å². The summed E-state index contributed by atoms with van der Waals surface area (Å²) in [7, 11) is 0. The van der Waals surface area contributed by atoms with Crippen LogP contribution in [0.2, 0.25) is 0 Å². The Labute approximate surface area is 173 Å². The largest absolute Gasteiger partial charge is 0.494 e. The molecule has 7 heteroatoms. The van der Waals surface area contributed by atoms with E-state index in [2.05, 4.69) is 15.4 Å². The van der Waals surface area contributed by atoms with Gasteiger partial charge in [-0.1, -0.05) is 12.1 Å². The maximum absolute atomic E-state index is 13.1. The molecule has 1 atom stereocenters. The van der Waals surface area contributed by atoms with E-state index in [1.165, 1.54) is 18.3 Å². The molecule has 0 aliphatic heterocycles. The minimum atomic E-state index is -0.314. The molecule has 0 saturated carbocycles. The lowest BCUT2D eigenvalue weighted by Crippen LogP contribution is -2.26. The van der Waals surface area contributed by atoms with Crippen molar-refractivity contribution >= 4 is 11.6 Å². The highest BCUT2D eigenvalue weighted by atomic mass is 19.1. The van der Waals surface area contributed by atoms with Crippen molar-refractivity contribution in [3.05, 3.63) is 83.9 Å². The van der Waals surface area contributed by atoms with E-state index in [1.54, 1.807) is 22.8 Å². The zero-order valence-corrected chi connectivity index (χ0v) is 16.7. The predicted octanol–water partition coefficient (Wildman–Crippen LogP) is 4.43. The summed E-state index contributed by atoms with van der Waals surface area (Å²) in [5, 5.41) is 7.30. The minimum Gasteiger partial charge on any atom is -0.494 e. The number of ether oxygens (including phenoxy) is 1. The summed E-state index contributed by atoms with van der Waals surface area (Å²) in [6, 6.07) is 15.3. The van der Waals surface area contributed by atoms with Crippen LogP contribution in [0.15, 0.2) is 67.0 Å². The molecular weight excluding hydrogens is 383 g/mol. The second kappa shape index (κ2) is 8.32. The molecule has 0 spiro atoms. The SMILES string of the molecule is CCOc1ccc(-c2ccnc3c(C(=O)N[C@H](C)c4ccc(F)cc4)cnn23)cc1. The molecule has 0 radical (unpaired) electrons. The topological polar surface area (TPSA) is 68.5 Å². The summed E-state index contributed by atoms with van der Waals surface area (Å²) in [5.74, 6) is 0.186. The number of benzene rings is 2. The lowest BCUT2D eigenvalue weighted by molar-refractivity contribution is 0.0941. The van der Waals surface area contributed by atoms with E-state index < -0.39 is 0 Å². The average Bonchev–Trinajstić information content (AvgIpc) is 3.19. The van der Waals surface area contributed by atoms with Crippen molar-refractivity contribution in [2.75, 3.05) is 6.61 Å². The van der Waals surface area contributed by atoms with E-state index in [0.29, 0.717) is 17.8 Å². The van der Waals surface area contributed by atoms with Crippen LogP contribution in [0.1, 0.15) is 35.8 Å². The van der Waals surface area contributed by atoms with E-state index >= 15 is 0 Å². The number of nitrogens with one attached hydrogen (secondary N) is 1. The molecule has 152 valence electrons. The van der Waals surface area contributed by atoms with Crippen LogP contribution in [0.4, 0.5) is 4.39 Å². The third-order valence-electron chi connectivity index (χ3n) is 4.82. The van der Waals surface area contributed by atoms with Gasteiger partial charge in [0.05, 0.1) is 24.5 Å². The first-order valence-corrected chi connectivity index (χ1v) is 9.69. The zero-order valence-electron chi connectivity index (χ0n) is 16.7. The fourth-order valence-electron chi connectivity index (χ4n) is 3.27. The predicted molar refractivity (Wildman–Crippen MR) is 112 cm³/mol. The fraction of sp³-hybridized carbons (Fsp3) is 0.174. The number of rotatable bonds is 6. The summed E-state index contributed by atoms with van der Waals surface area (Å²) >= 11 is 0. The Hall–Kier alpha value is -3.74. The number of hydrogen-bond acceptors (Lipinski definition) is 4. The molecule has 2 aromatic carbocycles. The number of hydrogen-bond donors (Lipinski definition) is 1. The number of aromatic nitrogens is 3. The van der Waals surface area contributed by atoms with Crippen molar-refractivity contribution in [2.24, 2.45) is 0 Å². The van der Waals surface area contributed by atoms with Crippen LogP contribution >= 0.6 is 0 Å². The fourth-order valence-corrected chi connectivity index (χ4v) is 3.27. The van der Waals surface area contributed by atoms with Crippen molar-refractivity contribution in [2.45, 2.75) is 19.9 Å². The molecule has 2 heterocycles. The van der Waals surface area contributed by atoms with Gasteiger partial charge in [0.2, 0.25) is 0 Å². The van der Waals surface area contributed by atoms with Crippen LogP contribution < -0.4 is 10.1 Å². The second-order valence-electron chi connectivity index (χ2n) is 6.83. The van der Waals surface area contributed by atoms with E-state index in [4.69, 9.17) is 4.74 Å². The van der Waals surface area contributed by atoms with Gasteiger partial charge in [-0.05, 0) is 61.9 Å². The highest BCUT2D eigenvalue weighted by molar-refractivity contribution is 6.00. The van der Waals surface area contributed by atoms with Crippen LogP contribution in [0.25, 0.3) is 16.9 Å². The average molecular weight is 404 g/mol. The Morgan fingerprint density at radius 2 is 1.87 bits per heavy atom. The number of halogens is 1. The van der Waals surface area contributed by atoms with Gasteiger partial charge in [0, 0.05) is 11.8 Å². The van der Waals surface area contributed by atoms with Gasteiger partial charge in [-0.15, -0.1) is 0 Å². The van der Waals surface area contributed by atoms with Crippen molar-refractivity contribution in [1.29, 1.82) is 0 Å². The molecule has 0 unspecified atom stereocenters. The molecule has 0 aliphatic rings. The van der Waals surface area contributed by atoms with E-state index in [-0.39, 0.29) is 17.8 Å². The molecule has 4 rings (SSSR count). The Balaban J connectivity index is 1.61. The van der Waals surface area contributed by atoms with Gasteiger partial charge in [-0.2, -0.15) is 5.10 Å². The zero-order chi connectivity index (χ0) is 21.1. The van der Waals surface area contributed by atoms with Crippen molar-refractivity contribution in [3.8, 4) is 17.0 Å². The molecule has 1 amide bonds. The molecule has 4 aromatic rings. The molecule has 0 fully saturated rings. The highest BCUT2D eigenvalue weighted by Crippen LogP contribution is 2.24. The first kappa shape index (κ1) is 19.6. The lowest BCUT2D eigenvalue weighted by atomic mass is 10.1. The number of amides is 1. The first-order chi connectivity index (χ1) is 14.6. The summed E-state index contributed by atoms with van der Waals surface area (Å²) < 4.78 is 20.3.